The zero-order valence-electron chi connectivity index (χ0n) is 12.5. The van der Waals surface area contributed by atoms with E-state index in [1.165, 1.54) is 18.4 Å². The van der Waals surface area contributed by atoms with Crippen LogP contribution in [0, 0.1) is 11.8 Å². The van der Waals surface area contributed by atoms with Crippen LogP contribution in [0.2, 0.25) is 0 Å². The van der Waals surface area contributed by atoms with Gasteiger partial charge in [-0.3, -0.25) is 9.88 Å². The van der Waals surface area contributed by atoms with Gasteiger partial charge in [-0.1, -0.05) is 6.07 Å². The van der Waals surface area contributed by atoms with Gasteiger partial charge in [0.2, 0.25) is 0 Å². The molecule has 0 radical (unpaired) electrons. The maximum atomic E-state index is 6.09. The minimum Gasteiger partial charge on any atom is -0.381 e. The summed E-state index contributed by atoms with van der Waals surface area (Å²) in [5, 5.41) is 0. The summed E-state index contributed by atoms with van der Waals surface area (Å²) in [5.74, 6) is 1.44. The molecule has 1 saturated carbocycles. The Labute approximate surface area is 126 Å². The molecular weight excluding hydrogens is 264 g/mol. The summed E-state index contributed by atoms with van der Waals surface area (Å²) in [6.45, 7) is 5.81. The molecule has 21 heavy (non-hydrogen) atoms. The third-order valence-corrected chi connectivity index (χ3v) is 5.08. The van der Waals surface area contributed by atoms with E-state index in [0.717, 1.165) is 51.8 Å². The molecule has 4 rings (SSSR count). The van der Waals surface area contributed by atoms with Gasteiger partial charge in [0.1, 0.15) is 0 Å². The summed E-state index contributed by atoms with van der Waals surface area (Å²) in [6.07, 6.45) is 7.67. The Morgan fingerprint density at radius 2 is 2.19 bits per heavy atom. The predicted molar refractivity (Wildman–Crippen MR) is 79.8 cm³/mol. The van der Waals surface area contributed by atoms with E-state index < -0.39 is 0 Å². The molecule has 0 N–H and O–H groups in total. The van der Waals surface area contributed by atoms with Crippen LogP contribution < -0.4 is 0 Å². The van der Waals surface area contributed by atoms with Crippen molar-refractivity contribution in [1.29, 1.82) is 0 Å². The molecular formula is C17H24N2O2. The van der Waals surface area contributed by atoms with Gasteiger partial charge in [0.15, 0.2) is 0 Å². The van der Waals surface area contributed by atoms with Gasteiger partial charge in [-0.2, -0.15) is 0 Å². The number of likely N-dealkylation sites (tertiary alicyclic amines) is 1. The number of aromatic nitrogens is 1. The summed E-state index contributed by atoms with van der Waals surface area (Å²) in [5.41, 5.74) is 1.36. The lowest BCUT2D eigenvalue weighted by Crippen LogP contribution is -2.64. The third kappa shape index (κ3) is 2.98. The van der Waals surface area contributed by atoms with Crippen molar-refractivity contribution in [2.45, 2.75) is 31.4 Å². The van der Waals surface area contributed by atoms with Crippen molar-refractivity contribution in [3.8, 4) is 0 Å². The van der Waals surface area contributed by atoms with Gasteiger partial charge in [-0.05, 0) is 36.8 Å². The monoisotopic (exact) mass is 288 g/mol. The van der Waals surface area contributed by atoms with Gasteiger partial charge in [0.25, 0.3) is 0 Å². The molecule has 3 aliphatic rings. The van der Waals surface area contributed by atoms with E-state index in [0.29, 0.717) is 5.92 Å². The smallest absolute Gasteiger partial charge is 0.0985 e. The van der Waals surface area contributed by atoms with Crippen LogP contribution in [0.25, 0.3) is 0 Å². The lowest BCUT2D eigenvalue weighted by atomic mass is 9.81. The molecule has 1 spiro atoms. The summed E-state index contributed by atoms with van der Waals surface area (Å²) < 4.78 is 12.0. The van der Waals surface area contributed by atoms with E-state index >= 15 is 0 Å². The van der Waals surface area contributed by atoms with Crippen LogP contribution in [0.1, 0.15) is 24.8 Å². The maximum absolute atomic E-state index is 6.09. The highest BCUT2D eigenvalue weighted by atomic mass is 16.5. The number of hydrogen-bond donors (Lipinski definition) is 0. The highest BCUT2D eigenvalue weighted by Crippen LogP contribution is 2.41. The zero-order chi connectivity index (χ0) is 14.1. The molecule has 4 heteroatoms. The van der Waals surface area contributed by atoms with E-state index in [-0.39, 0.29) is 5.60 Å². The average molecular weight is 288 g/mol. The fraction of sp³-hybridized carbons (Fsp3) is 0.706. The van der Waals surface area contributed by atoms with Crippen molar-refractivity contribution in [1.82, 2.24) is 9.88 Å². The molecule has 3 fully saturated rings. The fourth-order valence-electron chi connectivity index (χ4n) is 3.60. The Bertz CT molecular complexity index is 469. The minimum atomic E-state index is 0.0752. The van der Waals surface area contributed by atoms with Gasteiger partial charge < -0.3 is 9.47 Å². The number of ether oxygens (including phenoxy) is 2. The van der Waals surface area contributed by atoms with E-state index in [1.54, 1.807) is 0 Å². The third-order valence-electron chi connectivity index (χ3n) is 5.08. The van der Waals surface area contributed by atoms with Crippen LogP contribution in [-0.4, -0.2) is 48.4 Å². The SMILES string of the molecule is c1cncc(CN2CC3(C2)OCCC3COCC2CC2)c1. The molecule has 0 bridgehead atoms. The normalized spacial score (nSPS) is 27.9. The van der Waals surface area contributed by atoms with E-state index in [2.05, 4.69) is 16.0 Å². The molecule has 1 aliphatic carbocycles. The van der Waals surface area contributed by atoms with Gasteiger partial charge in [0.05, 0.1) is 12.2 Å². The van der Waals surface area contributed by atoms with E-state index in [9.17, 15) is 0 Å². The van der Waals surface area contributed by atoms with Gasteiger partial charge in [0, 0.05) is 51.2 Å². The molecule has 1 aromatic rings. The van der Waals surface area contributed by atoms with Crippen molar-refractivity contribution >= 4 is 0 Å². The quantitative estimate of drug-likeness (QED) is 0.803. The molecule has 0 aromatic carbocycles. The molecule has 114 valence electrons. The second-order valence-electron chi connectivity index (χ2n) is 6.89. The molecule has 1 atom stereocenters. The second-order valence-corrected chi connectivity index (χ2v) is 6.89. The highest BCUT2D eigenvalue weighted by molar-refractivity contribution is 5.12. The number of hydrogen-bond acceptors (Lipinski definition) is 4. The first-order valence-corrected chi connectivity index (χ1v) is 8.17. The Balaban J connectivity index is 1.27. The van der Waals surface area contributed by atoms with Crippen molar-refractivity contribution in [2.24, 2.45) is 11.8 Å². The van der Waals surface area contributed by atoms with Gasteiger partial charge in [-0.25, -0.2) is 0 Å². The van der Waals surface area contributed by atoms with Crippen LogP contribution in [0.5, 0.6) is 0 Å². The fourth-order valence-corrected chi connectivity index (χ4v) is 3.60. The number of pyridine rings is 1. The largest absolute Gasteiger partial charge is 0.381 e. The standard InChI is InChI=1S/C17H24N2O2/c1-2-15(8-18-6-1)9-19-12-17(13-19)16(5-7-21-17)11-20-10-14-3-4-14/h1-2,6,8,14,16H,3-5,7,9-13H2. The summed E-state index contributed by atoms with van der Waals surface area (Å²) in [7, 11) is 0. The molecule has 4 nitrogen and oxygen atoms in total. The molecule has 2 aliphatic heterocycles. The average Bonchev–Trinajstić information content (AvgIpc) is 3.19. The van der Waals surface area contributed by atoms with E-state index in [1.807, 2.05) is 18.5 Å². The van der Waals surface area contributed by atoms with Gasteiger partial charge in [-0.15, -0.1) is 0 Å². The van der Waals surface area contributed by atoms with Crippen LogP contribution in [-0.2, 0) is 16.0 Å². The molecule has 0 amide bonds. The van der Waals surface area contributed by atoms with Crippen molar-refractivity contribution < 1.29 is 9.47 Å². The zero-order valence-corrected chi connectivity index (χ0v) is 12.5. The Morgan fingerprint density at radius 1 is 1.29 bits per heavy atom. The van der Waals surface area contributed by atoms with Crippen molar-refractivity contribution in [3.05, 3.63) is 30.1 Å². The first-order valence-electron chi connectivity index (χ1n) is 8.17. The summed E-state index contributed by atoms with van der Waals surface area (Å²) >= 11 is 0. The Hall–Kier alpha value is -0.970. The Kier molecular flexibility index (Phi) is 3.69. The molecule has 1 aromatic heterocycles. The van der Waals surface area contributed by atoms with Crippen LogP contribution in [0.4, 0.5) is 0 Å². The first-order chi connectivity index (χ1) is 10.3. The lowest BCUT2D eigenvalue weighted by molar-refractivity contribution is -0.146. The van der Waals surface area contributed by atoms with Crippen LogP contribution in [0.15, 0.2) is 24.5 Å². The lowest BCUT2D eigenvalue weighted by Gasteiger charge is -2.50. The van der Waals surface area contributed by atoms with E-state index in [4.69, 9.17) is 9.47 Å². The second kappa shape index (κ2) is 5.67. The summed E-state index contributed by atoms with van der Waals surface area (Å²) in [4.78, 5) is 6.64. The predicted octanol–water partition coefficient (Wildman–Crippen LogP) is 2.10. The van der Waals surface area contributed by atoms with Crippen LogP contribution in [0.3, 0.4) is 0 Å². The number of nitrogens with zero attached hydrogens (tertiary/aromatic N) is 2. The topological polar surface area (TPSA) is 34.6 Å². The number of rotatable bonds is 6. The molecule has 2 saturated heterocycles. The maximum Gasteiger partial charge on any atom is 0.0985 e. The van der Waals surface area contributed by atoms with Crippen molar-refractivity contribution in [2.75, 3.05) is 32.9 Å². The molecule has 3 heterocycles. The van der Waals surface area contributed by atoms with Crippen molar-refractivity contribution in [3.63, 3.8) is 0 Å². The van der Waals surface area contributed by atoms with Crippen LogP contribution >= 0.6 is 0 Å². The van der Waals surface area contributed by atoms with Gasteiger partial charge >= 0.3 is 0 Å². The minimum absolute atomic E-state index is 0.0752. The summed E-state index contributed by atoms with van der Waals surface area (Å²) in [6, 6.07) is 4.15. The highest BCUT2D eigenvalue weighted by Gasteiger charge is 2.52. The first kappa shape index (κ1) is 13.7. The molecule has 1 unspecified atom stereocenters. The Morgan fingerprint density at radius 3 is 2.95 bits per heavy atom.